The van der Waals surface area contributed by atoms with Crippen LogP contribution >= 0.6 is 0 Å². The predicted octanol–water partition coefficient (Wildman–Crippen LogP) is -7.72. The lowest BCUT2D eigenvalue weighted by Crippen LogP contribution is -4.29. The monoisotopic (exact) mass is 265 g/mol. The van der Waals surface area contributed by atoms with Gasteiger partial charge in [-0.2, -0.15) is 0 Å². The van der Waals surface area contributed by atoms with Crippen LogP contribution in [0.4, 0.5) is 0 Å². The molecule has 3 N–H and O–H groups in total. The lowest BCUT2D eigenvalue weighted by molar-refractivity contribution is -2.00. The van der Waals surface area contributed by atoms with Gasteiger partial charge in [-0.3, -0.25) is 13.7 Å². The number of hydrogen-bond donors (Lipinski definition) is 1. The summed E-state index contributed by atoms with van der Waals surface area (Å²) in [6.07, 6.45) is 2.56. The van der Waals surface area contributed by atoms with Gasteiger partial charge in [-0.1, -0.05) is 13.3 Å². The summed E-state index contributed by atoms with van der Waals surface area (Å²) in [5.74, 6) is 0. The second-order valence-electron chi connectivity index (χ2n) is 1.59. The molecule has 6 heteroatoms. The van der Waals surface area contributed by atoms with Crippen LogP contribution in [-0.2, 0) is 0 Å². The Hall–Kier alpha value is 0.530. The molecule has 0 amide bonds. The summed E-state index contributed by atoms with van der Waals surface area (Å²) in [7, 11) is 0. The molecule has 0 unspecified atom stereocenters. The molecule has 0 aromatic rings. The van der Waals surface area contributed by atoms with Crippen molar-refractivity contribution in [2.24, 2.45) is 0 Å². The zero-order valence-corrected chi connectivity index (χ0v) is 8.00. The largest absolute Gasteiger partial charge is 0.358 e. The molecule has 0 aliphatic heterocycles. The van der Waals surface area contributed by atoms with Crippen molar-refractivity contribution in [2.45, 2.75) is 19.8 Å². The van der Waals surface area contributed by atoms with Gasteiger partial charge in [0.2, 0.25) is 0 Å². The van der Waals surface area contributed by atoms with Gasteiger partial charge >= 0.3 is 0 Å². The Balaban J connectivity index is 0. The second-order valence-corrected chi connectivity index (χ2v) is 3.74. The predicted molar refractivity (Wildman–Crippen MR) is 22.7 cm³/mol. The summed E-state index contributed by atoms with van der Waals surface area (Å²) in [5, 5.41) is 0. The van der Waals surface area contributed by atoms with Gasteiger partial charge in [0.25, 0.3) is 0 Å². The van der Waals surface area contributed by atoms with E-state index in [-0.39, 0.29) is 0 Å². The summed E-state index contributed by atoms with van der Waals surface area (Å²) >= 11 is -5.94. The third kappa shape index (κ3) is 75.6. The minimum Gasteiger partial charge on any atom is -0.358 e. The van der Waals surface area contributed by atoms with E-state index in [4.69, 9.17) is 13.7 Å². The van der Waals surface area contributed by atoms with E-state index in [0.717, 1.165) is 6.54 Å². The van der Waals surface area contributed by atoms with E-state index in [9.17, 15) is 0 Å². The molecular weight excluding hydrogens is 253 g/mol. The van der Waals surface area contributed by atoms with Gasteiger partial charge in [-0.15, -0.1) is 0 Å². The van der Waals surface area contributed by atoms with Gasteiger partial charge < -0.3 is 5.73 Å². The average Bonchev–Trinajstić information content (AvgIpc) is 1.63. The zero-order chi connectivity index (χ0) is 8.62. The molecule has 0 saturated heterocycles. The molecule has 64 valence electrons. The van der Waals surface area contributed by atoms with Crippen molar-refractivity contribution in [2.75, 3.05) is 6.54 Å². The fourth-order valence-corrected chi connectivity index (χ4v) is 0.250. The Morgan fingerprint density at radius 3 is 1.50 bits per heavy atom. The first-order valence-electron chi connectivity index (χ1n) is 2.82. The van der Waals surface area contributed by atoms with E-state index in [1.54, 1.807) is 0 Å². The zero-order valence-electron chi connectivity index (χ0n) is 5.84. The minimum atomic E-state index is -5.94. The molecule has 0 saturated carbocycles. The van der Waals surface area contributed by atoms with E-state index in [2.05, 4.69) is 12.7 Å². The molecule has 0 heterocycles. The molecular formula is C4H12INO4. The number of rotatable bonds is 2. The number of halogens is 1. The van der Waals surface area contributed by atoms with Crippen LogP contribution in [0.2, 0.25) is 0 Å². The maximum atomic E-state index is 8.62. The van der Waals surface area contributed by atoms with Crippen molar-refractivity contribution in [3.8, 4) is 0 Å². The number of quaternary nitrogens is 1. The van der Waals surface area contributed by atoms with Crippen LogP contribution in [0.1, 0.15) is 19.8 Å². The lowest BCUT2D eigenvalue weighted by Gasteiger charge is -2.08. The highest BCUT2D eigenvalue weighted by Gasteiger charge is 1.94. The molecule has 0 aromatic heterocycles. The van der Waals surface area contributed by atoms with E-state index < -0.39 is 20.1 Å². The molecule has 5 nitrogen and oxygen atoms in total. The number of unbranched alkanes of at least 4 members (excludes halogenated alkanes) is 1. The minimum absolute atomic E-state index is 1.09. The van der Waals surface area contributed by atoms with Gasteiger partial charge in [0.1, 0.15) is 20.1 Å². The van der Waals surface area contributed by atoms with Crippen LogP contribution in [0.3, 0.4) is 0 Å². The fraction of sp³-hybridized carbons (Fsp3) is 1.00. The maximum absolute atomic E-state index is 8.62. The second kappa shape index (κ2) is 7.63. The summed E-state index contributed by atoms with van der Waals surface area (Å²) in [6.45, 7) is 3.27. The lowest BCUT2D eigenvalue weighted by atomic mass is 10.3. The normalized spacial score (nSPS) is 10.2. The number of hydrogen-bond acceptors (Lipinski definition) is 4. The van der Waals surface area contributed by atoms with E-state index >= 15 is 0 Å². The van der Waals surface area contributed by atoms with Crippen molar-refractivity contribution in [1.82, 2.24) is 0 Å². The maximum Gasteiger partial charge on any atom is 0.144 e. The van der Waals surface area contributed by atoms with Crippen LogP contribution in [0.25, 0.3) is 0 Å². The summed E-state index contributed by atoms with van der Waals surface area (Å²) in [6, 6.07) is 0. The van der Waals surface area contributed by atoms with E-state index in [1.807, 2.05) is 0 Å². The first-order valence-corrected chi connectivity index (χ1v) is 6.35. The van der Waals surface area contributed by atoms with Crippen LogP contribution in [0, 0.1) is 0 Å². The van der Waals surface area contributed by atoms with Crippen molar-refractivity contribution < 1.29 is 39.6 Å². The highest BCUT2D eigenvalue weighted by atomic mass is 127. The quantitative estimate of drug-likeness (QED) is 0.498. The topological polar surface area (TPSA) is 120 Å². The van der Waals surface area contributed by atoms with Gasteiger partial charge in [-0.25, -0.2) is 0 Å². The van der Waals surface area contributed by atoms with Crippen LogP contribution < -0.4 is 39.6 Å². The third-order valence-corrected chi connectivity index (χ3v) is 0.604. The molecule has 0 aromatic carbocycles. The molecule has 0 fully saturated rings. The smallest absolute Gasteiger partial charge is 0.144 e. The molecule has 0 radical (unpaired) electrons. The summed E-state index contributed by atoms with van der Waals surface area (Å²) < 4.78 is 34.5. The molecule has 0 spiro atoms. The fourth-order valence-electron chi connectivity index (χ4n) is 0.250. The molecule has 10 heavy (non-hydrogen) atoms. The Morgan fingerprint density at radius 1 is 1.20 bits per heavy atom. The molecule has 0 bridgehead atoms. The molecule has 0 atom stereocenters. The van der Waals surface area contributed by atoms with Gasteiger partial charge in [0, 0.05) is 0 Å². The molecule has 0 aliphatic carbocycles. The highest BCUT2D eigenvalue weighted by molar-refractivity contribution is 4.21. The Morgan fingerprint density at radius 2 is 1.50 bits per heavy atom. The average molecular weight is 265 g/mol. The molecule has 0 aliphatic rings. The van der Waals surface area contributed by atoms with Crippen molar-refractivity contribution in [1.29, 1.82) is 0 Å². The summed E-state index contributed by atoms with van der Waals surface area (Å²) in [4.78, 5) is 0. The van der Waals surface area contributed by atoms with Gasteiger partial charge in [0.05, 0.1) is 6.54 Å². The van der Waals surface area contributed by atoms with Gasteiger partial charge in [-0.05, 0) is 6.42 Å². The Bertz CT molecular complexity index is 56.8. The first-order chi connectivity index (χ1) is 4.41. The third-order valence-electron chi connectivity index (χ3n) is 0.604. The van der Waals surface area contributed by atoms with Crippen molar-refractivity contribution in [3.63, 3.8) is 0 Å². The first kappa shape index (κ1) is 13.1. The van der Waals surface area contributed by atoms with Crippen LogP contribution in [0.15, 0.2) is 0 Å². The van der Waals surface area contributed by atoms with Crippen molar-refractivity contribution >= 4 is 0 Å². The Kier molecular flexibility index (Phi) is 10.0. The summed E-state index contributed by atoms with van der Waals surface area (Å²) in [5.41, 5.74) is 3.68. The van der Waals surface area contributed by atoms with Crippen LogP contribution in [-0.4, -0.2) is 6.54 Å². The highest BCUT2D eigenvalue weighted by Crippen LogP contribution is 1.75. The van der Waals surface area contributed by atoms with Crippen LogP contribution in [0.5, 0.6) is 0 Å². The van der Waals surface area contributed by atoms with E-state index in [0.29, 0.717) is 0 Å². The Labute approximate surface area is 66.2 Å². The van der Waals surface area contributed by atoms with Gasteiger partial charge in [0.15, 0.2) is 0 Å². The SMILES string of the molecule is CCCC[NH3+].[O-][I+3]([O-])([O-])[O-]. The van der Waals surface area contributed by atoms with E-state index in [1.165, 1.54) is 12.8 Å². The standard InChI is InChI=1S/C4H11N.IO4/c1-2-3-4-5;2-1(3,4)5/h2-5H2,1H3;/q;-1/p+1. The molecule has 0 rings (SSSR count). The van der Waals surface area contributed by atoms with Crippen molar-refractivity contribution in [3.05, 3.63) is 0 Å².